The second-order valence-corrected chi connectivity index (χ2v) is 15.4. The largest absolute Gasteiger partial charge is 0.490 e. The molecule has 1 spiro atoms. The number of aromatic nitrogens is 1. The lowest BCUT2D eigenvalue weighted by atomic mass is 9.75. The van der Waals surface area contributed by atoms with Gasteiger partial charge in [0.25, 0.3) is 5.91 Å². The van der Waals surface area contributed by atoms with Crippen LogP contribution >= 0.6 is 23.2 Å². The molecular weight excluding hydrogens is 724 g/mol. The molecule has 0 bridgehead atoms. The van der Waals surface area contributed by atoms with Crippen molar-refractivity contribution in [3.63, 3.8) is 0 Å². The van der Waals surface area contributed by atoms with Crippen LogP contribution in [0.5, 0.6) is 0 Å². The molecule has 3 saturated heterocycles. The van der Waals surface area contributed by atoms with Gasteiger partial charge in [0.2, 0.25) is 0 Å². The van der Waals surface area contributed by atoms with Crippen molar-refractivity contribution in [3.8, 4) is 11.3 Å². The molecule has 1 atom stereocenters. The molecule has 1 unspecified atom stereocenters. The number of nitrogens with zero attached hydrogens (tertiary/aromatic N) is 4. The molecule has 288 valence electrons. The number of aliphatic carboxylic acids is 1. The zero-order valence-corrected chi connectivity index (χ0v) is 31.4. The minimum absolute atomic E-state index is 0.0879. The molecule has 2 aromatic rings. The van der Waals surface area contributed by atoms with Crippen LogP contribution in [0.1, 0.15) is 100 Å². The van der Waals surface area contributed by atoms with Gasteiger partial charge in [0.15, 0.2) is 0 Å². The zero-order chi connectivity index (χ0) is 37.6. The third-order valence-corrected chi connectivity index (χ3v) is 11.9. The number of hydrogen-bond acceptors (Lipinski definition) is 7. The number of rotatable bonds is 8. The summed E-state index contributed by atoms with van der Waals surface area (Å²) in [4.78, 5) is 42.5. The summed E-state index contributed by atoms with van der Waals surface area (Å²) in [5, 5.41) is 12.2. The van der Waals surface area contributed by atoms with Gasteiger partial charge in [0, 0.05) is 69.6 Å². The molecule has 6 rings (SSSR count). The standard InChI is InChI=1S/C35H48Cl2N4O4.C2HF3O2/c1-3-4-11-26-23-41(22-25-9-6-5-7-10-25)34(43)44-35(26)16-20-39(21-17-35)27-14-18-40(19-15-27)33(42)30-24(2)45-38-32(30)31-28(36)12-8-13-29(31)37;3-2(4,5)1(6)7/h8,12-13,25-27H,3-7,9-11,14-23H2,1-2H3;(H,6,7). The van der Waals surface area contributed by atoms with Crippen LogP contribution in [0, 0.1) is 18.8 Å². The van der Waals surface area contributed by atoms with Crippen molar-refractivity contribution in [2.75, 3.05) is 39.3 Å². The Balaban J connectivity index is 0.000000679. The smallest absolute Gasteiger partial charge is 0.475 e. The van der Waals surface area contributed by atoms with Gasteiger partial charge in [-0.2, -0.15) is 13.2 Å². The number of carboxylic acids is 1. The Labute approximate surface area is 312 Å². The SMILES string of the molecule is CCCCC1CN(CC2CCCCC2)C(=O)OC12CCN(C1CCN(C(=O)c3c(-c4c(Cl)cccc4Cl)noc3C)CC1)CC2.O=C(O)C(F)(F)F. The van der Waals surface area contributed by atoms with E-state index in [1.807, 2.05) is 9.80 Å². The average molecular weight is 774 g/mol. The number of piperidine rings is 2. The third-order valence-electron chi connectivity index (χ3n) is 11.3. The van der Waals surface area contributed by atoms with E-state index in [1.54, 1.807) is 25.1 Å². The maximum atomic E-state index is 13.8. The number of halogens is 5. The molecule has 1 N–H and O–H groups in total. The maximum Gasteiger partial charge on any atom is 0.490 e. The fourth-order valence-electron chi connectivity index (χ4n) is 8.35. The fraction of sp³-hybridized carbons (Fsp3) is 0.676. The molecule has 4 heterocycles. The molecule has 2 amide bonds. The van der Waals surface area contributed by atoms with Gasteiger partial charge in [-0.3, -0.25) is 9.69 Å². The highest BCUT2D eigenvalue weighted by Crippen LogP contribution is 2.43. The number of unbranched alkanes of at least 4 members (excludes halogenated alkanes) is 1. The number of alkyl halides is 3. The van der Waals surface area contributed by atoms with E-state index < -0.39 is 12.1 Å². The number of carboxylic acid groups (broad SMARTS) is 1. The minimum Gasteiger partial charge on any atom is -0.475 e. The number of aryl methyl sites for hydroxylation is 1. The first-order valence-electron chi connectivity index (χ1n) is 18.5. The van der Waals surface area contributed by atoms with E-state index in [1.165, 1.54) is 38.5 Å². The quantitative estimate of drug-likeness (QED) is 0.283. The van der Waals surface area contributed by atoms with Crippen molar-refractivity contribution < 1.29 is 41.9 Å². The molecule has 1 aromatic heterocycles. The Hall–Kier alpha value is -3.03. The summed E-state index contributed by atoms with van der Waals surface area (Å²) in [6, 6.07) is 5.65. The molecule has 10 nitrogen and oxygen atoms in total. The third kappa shape index (κ3) is 9.36. The van der Waals surface area contributed by atoms with Crippen molar-refractivity contribution in [2.24, 2.45) is 11.8 Å². The molecule has 1 aliphatic carbocycles. The molecule has 52 heavy (non-hydrogen) atoms. The lowest BCUT2D eigenvalue weighted by Gasteiger charge is -2.52. The van der Waals surface area contributed by atoms with Crippen LogP contribution in [-0.2, 0) is 9.53 Å². The van der Waals surface area contributed by atoms with E-state index in [9.17, 15) is 22.8 Å². The van der Waals surface area contributed by atoms with Gasteiger partial charge in [-0.1, -0.05) is 73.5 Å². The predicted octanol–water partition coefficient (Wildman–Crippen LogP) is 8.87. The molecule has 4 fully saturated rings. The lowest BCUT2D eigenvalue weighted by molar-refractivity contribution is -0.192. The summed E-state index contributed by atoms with van der Waals surface area (Å²) in [7, 11) is 0. The number of likely N-dealkylation sites (tertiary alicyclic amines) is 2. The Bertz CT molecular complexity index is 1530. The molecule has 0 radical (unpaired) electrons. The summed E-state index contributed by atoms with van der Waals surface area (Å²) < 4.78 is 43.7. The highest BCUT2D eigenvalue weighted by Gasteiger charge is 2.50. The molecule has 4 aliphatic rings. The van der Waals surface area contributed by atoms with Gasteiger partial charge in [-0.15, -0.1) is 0 Å². The van der Waals surface area contributed by atoms with Gasteiger partial charge in [-0.05, 0) is 57.1 Å². The van der Waals surface area contributed by atoms with Gasteiger partial charge < -0.3 is 24.2 Å². The van der Waals surface area contributed by atoms with E-state index in [-0.39, 0.29) is 17.6 Å². The van der Waals surface area contributed by atoms with Crippen LogP contribution in [0.2, 0.25) is 10.0 Å². The Morgan fingerprint density at radius 2 is 1.63 bits per heavy atom. The highest BCUT2D eigenvalue weighted by atomic mass is 35.5. The minimum atomic E-state index is -5.08. The van der Waals surface area contributed by atoms with E-state index >= 15 is 0 Å². The number of hydrogen-bond donors (Lipinski definition) is 1. The van der Waals surface area contributed by atoms with Gasteiger partial charge >= 0.3 is 18.2 Å². The number of carbonyl (C=O) groups is 3. The monoisotopic (exact) mass is 772 g/mol. The van der Waals surface area contributed by atoms with Crippen LogP contribution in [0.15, 0.2) is 22.7 Å². The van der Waals surface area contributed by atoms with Gasteiger partial charge in [-0.25, -0.2) is 9.59 Å². The van der Waals surface area contributed by atoms with E-state index in [4.69, 9.17) is 42.4 Å². The number of amides is 2. The summed E-state index contributed by atoms with van der Waals surface area (Å²) in [6.45, 7) is 8.89. The van der Waals surface area contributed by atoms with Crippen molar-refractivity contribution in [2.45, 2.75) is 109 Å². The second kappa shape index (κ2) is 17.4. The lowest BCUT2D eigenvalue weighted by Crippen LogP contribution is -2.61. The summed E-state index contributed by atoms with van der Waals surface area (Å²) in [5.41, 5.74) is 1.01. The summed E-state index contributed by atoms with van der Waals surface area (Å²) >= 11 is 12.9. The van der Waals surface area contributed by atoms with Crippen LogP contribution in [0.3, 0.4) is 0 Å². The second-order valence-electron chi connectivity index (χ2n) is 14.6. The number of benzene rings is 1. The van der Waals surface area contributed by atoms with E-state index in [0.717, 1.165) is 64.7 Å². The first kappa shape index (κ1) is 40.2. The molecule has 15 heteroatoms. The number of carbonyl (C=O) groups excluding carboxylic acids is 2. The Morgan fingerprint density at radius 1 is 1.02 bits per heavy atom. The van der Waals surface area contributed by atoms with Gasteiger partial charge in [0.05, 0.1) is 10.0 Å². The van der Waals surface area contributed by atoms with Crippen molar-refractivity contribution in [1.29, 1.82) is 0 Å². The van der Waals surface area contributed by atoms with Crippen molar-refractivity contribution >= 4 is 41.2 Å². The summed E-state index contributed by atoms with van der Waals surface area (Å²) in [5.74, 6) is -1.37. The summed E-state index contributed by atoms with van der Waals surface area (Å²) in [6.07, 6.45) is 8.27. The van der Waals surface area contributed by atoms with E-state index in [2.05, 4.69) is 17.0 Å². The van der Waals surface area contributed by atoms with Crippen LogP contribution in [0.25, 0.3) is 11.3 Å². The first-order chi connectivity index (χ1) is 24.7. The Kier molecular flexibility index (Phi) is 13.4. The normalized spacial score (nSPS) is 21.8. The van der Waals surface area contributed by atoms with E-state index in [0.29, 0.717) is 63.6 Å². The highest BCUT2D eigenvalue weighted by molar-refractivity contribution is 6.39. The van der Waals surface area contributed by atoms with Gasteiger partial charge in [0.1, 0.15) is 22.6 Å². The van der Waals surface area contributed by atoms with Crippen LogP contribution < -0.4 is 0 Å². The predicted molar refractivity (Wildman–Crippen MR) is 190 cm³/mol. The van der Waals surface area contributed by atoms with Crippen molar-refractivity contribution in [3.05, 3.63) is 39.6 Å². The zero-order valence-electron chi connectivity index (χ0n) is 29.9. The van der Waals surface area contributed by atoms with Crippen molar-refractivity contribution in [1.82, 2.24) is 19.9 Å². The first-order valence-corrected chi connectivity index (χ1v) is 19.2. The maximum absolute atomic E-state index is 13.8. The van der Waals surface area contributed by atoms with Crippen LogP contribution in [-0.4, -0.2) is 100 Å². The fourth-order valence-corrected chi connectivity index (χ4v) is 8.93. The molecule has 3 aliphatic heterocycles. The number of ether oxygens (including phenoxy) is 1. The topological polar surface area (TPSA) is 116 Å². The average Bonchev–Trinajstić information content (AvgIpc) is 3.49. The molecular formula is C37H49Cl2F3N4O6. The molecule has 1 saturated carbocycles. The van der Waals surface area contributed by atoms with Crippen LogP contribution in [0.4, 0.5) is 18.0 Å². The molecule has 1 aromatic carbocycles. The Morgan fingerprint density at radius 3 is 2.21 bits per heavy atom.